The summed E-state index contributed by atoms with van der Waals surface area (Å²) in [7, 11) is 5.63. The predicted molar refractivity (Wildman–Crippen MR) is 69.4 cm³/mol. The Morgan fingerprint density at radius 1 is 1.44 bits per heavy atom. The average Bonchev–Trinajstić information content (AvgIpc) is 2.26. The summed E-state index contributed by atoms with van der Waals surface area (Å²) >= 11 is 6.23. The van der Waals surface area contributed by atoms with E-state index in [-0.39, 0.29) is 0 Å². The fourth-order valence-electron chi connectivity index (χ4n) is 1.52. The van der Waals surface area contributed by atoms with Crippen LogP contribution in [-0.2, 0) is 11.3 Å². The summed E-state index contributed by atoms with van der Waals surface area (Å²) in [5.74, 6) is 0. The van der Waals surface area contributed by atoms with Crippen molar-refractivity contribution in [3.05, 3.63) is 28.8 Å². The zero-order valence-electron chi connectivity index (χ0n) is 10.1. The molecule has 0 atom stereocenters. The van der Waals surface area contributed by atoms with Crippen molar-refractivity contribution in [3.8, 4) is 0 Å². The first kappa shape index (κ1) is 13.3. The number of ether oxygens (including phenoxy) is 1. The lowest BCUT2D eigenvalue weighted by Gasteiger charge is -2.20. The molecule has 0 aromatic heterocycles. The molecule has 1 aromatic carbocycles. The van der Waals surface area contributed by atoms with Crippen LogP contribution in [0.15, 0.2) is 18.2 Å². The Kier molecular flexibility index (Phi) is 5.60. The van der Waals surface area contributed by atoms with Gasteiger partial charge in [0.1, 0.15) is 0 Å². The normalized spacial score (nSPS) is 10.5. The topological polar surface area (TPSA) is 24.5 Å². The summed E-state index contributed by atoms with van der Waals surface area (Å²) in [5.41, 5.74) is 2.23. The molecule has 0 bridgehead atoms. The van der Waals surface area contributed by atoms with Gasteiger partial charge >= 0.3 is 0 Å². The number of nitrogens with zero attached hydrogens (tertiary/aromatic N) is 1. The SMILES string of the molecule is CNCc1ccc(N(C)CCOC)c(Cl)c1. The Morgan fingerprint density at radius 2 is 2.19 bits per heavy atom. The monoisotopic (exact) mass is 242 g/mol. The Bertz CT molecular complexity index is 331. The van der Waals surface area contributed by atoms with Gasteiger partial charge < -0.3 is 15.0 Å². The molecule has 1 rings (SSSR count). The van der Waals surface area contributed by atoms with Crippen molar-refractivity contribution in [1.29, 1.82) is 0 Å². The summed E-state index contributed by atoms with van der Waals surface area (Å²) in [4.78, 5) is 2.09. The zero-order chi connectivity index (χ0) is 12.0. The zero-order valence-corrected chi connectivity index (χ0v) is 10.8. The molecule has 0 spiro atoms. The highest BCUT2D eigenvalue weighted by Gasteiger charge is 2.06. The van der Waals surface area contributed by atoms with Gasteiger partial charge in [0.05, 0.1) is 17.3 Å². The minimum Gasteiger partial charge on any atom is -0.383 e. The van der Waals surface area contributed by atoms with Gasteiger partial charge in [0, 0.05) is 27.2 Å². The second-order valence-corrected chi connectivity index (χ2v) is 4.14. The van der Waals surface area contributed by atoms with Crippen LogP contribution in [0.4, 0.5) is 5.69 Å². The van der Waals surface area contributed by atoms with Crippen molar-refractivity contribution in [1.82, 2.24) is 5.32 Å². The third-order valence-corrected chi connectivity index (χ3v) is 2.74. The second kappa shape index (κ2) is 6.74. The lowest BCUT2D eigenvalue weighted by Crippen LogP contribution is -2.22. The van der Waals surface area contributed by atoms with Crippen molar-refractivity contribution in [2.75, 3.05) is 39.3 Å². The molecule has 3 nitrogen and oxygen atoms in total. The van der Waals surface area contributed by atoms with Crippen molar-refractivity contribution in [2.45, 2.75) is 6.54 Å². The number of halogens is 1. The van der Waals surface area contributed by atoms with Crippen LogP contribution in [0.5, 0.6) is 0 Å². The number of benzene rings is 1. The van der Waals surface area contributed by atoms with Gasteiger partial charge in [-0.3, -0.25) is 0 Å². The number of hydrogen-bond donors (Lipinski definition) is 1. The lowest BCUT2D eigenvalue weighted by atomic mass is 10.2. The second-order valence-electron chi connectivity index (χ2n) is 3.73. The van der Waals surface area contributed by atoms with Crippen LogP contribution in [0, 0.1) is 0 Å². The molecule has 0 heterocycles. The smallest absolute Gasteiger partial charge is 0.0642 e. The van der Waals surface area contributed by atoms with Crippen molar-refractivity contribution < 1.29 is 4.74 Å². The molecule has 0 aliphatic carbocycles. The quantitative estimate of drug-likeness (QED) is 0.827. The van der Waals surface area contributed by atoms with Crippen LogP contribution >= 0.6 is 11.6 Å². The standard InChI is InChI=1S/C12H19ClN2O/c1-14-9-10-4-5-12(11(13)8-10)15(2)6-7-16-3/h4-5,8,14H,6-7,9H2,1-3H3. The van der Waals surface area contributed by atoms with Gasteiger partial charge in [0.2, 0.25) is 0 Å². The Labute approximate surface area is 102 Å². The van der Waals surface area contributed by atoms with E-state index in [0.29, 0.717) is 6.61 Å². The minimum absolute atomic E-state index is 0.699. The highest BCUT2D eigenvalue weighted by atomic mass is 35.5. The lowest BCUT2D eigenvalue weighted by molar-refractivity contribution is 0.206. The molecule has 0 radical (unpaired) electrons. The molecule has 0 saturated carbocycles. The maximum absolute atomic E-state index is 6.23. The Balaban J connectivity index is 2.73. The van der Waals surface area contributed by atoms with E-state index in [1.165, 1.54) is 5.56 Å². The van der Waals surface area contributed by atoms with Crippen molar-refractivity contribution >= 4 is 17.3 Å². The number of likely N-dealkylation sites (N-methyl/N-ethyl adjacent to an activating group) is 1. The Morgan fingerprint density at radius 3 is 2.75 bits per heavy atom. The number of nitrogens with one attached hydrogen (secondary N) is 1. The van der Waals surface area contributed by atoms with E-state index in [2.05, 4.69) is 16.3 Å². The van der Waals surface area contributed by atoms with Gasteiger partial charge in [-0.2, -0.15) is 0 Å². The van der Waals surface area contributed by atoms with Crippen molar-refractivity contribution in [3.63, 3.8) is 0 Å². The van der Waals surface area contributed by atoms with Crippen LogP contribution in [-0.4, -0.2) is 34.4 Å². The van der Waals surface area contributed by atoms with E-state index in [1.54, 1.807) is 7.11 Å². The number of rotatable bonds is 6. The summed E-state index contributed by atoms with van der Waals surface area (Å²) in [6.07, 6.45) is 0. The summed E-state index contributed by atoms with van der Waals surface area (Å²) in [6, 6.07) is 6.13. The van der Waals surface area contributed by atoms with Crippen LogP contribution in [0.1, 0.15) is 5.56 Å². The van der Waals surface area contributed by atoms with Gasteiger partial charge in [0.25, 0.3) is 0 Å². The first-order chi connectivity index (χ1) is 7.69. The number of anilines is 1. The molecule has 0 amide bonds. The summed E-state index contributed by atoms with van der Waals surface area (Å²) in [5, 5.41) is 3.89. The molecule has 0 aliphatic rings. The van der Waals surface area contributed by atoms with Crippen LogP contribution in [0.2, 0.25) is 5.02 Å². The van der Waals surface area contributed by atoms with Crippen LogP contribution < -0.4 is 10.2 Å². The van der Waals surface area contributed by atoms with E-state index in [4.69, 9.17) is 16.3 Å². The van der Waals surface area contributed by atoms with E-state index in [0.717, 1.165) is 23.8 Å². The predicted octanol–water partition coefficient (Wildman–Crippen LogP) is 2.14. The molecule has 1 aromatic rings. The molecule has 0 unspecified atom stereocenters. The van der Waals surface area contributed by atoms with Gasteiger partial charge in [-0.25, -0.2) is 0 Å². The Hall–Kier alpha value is -0.770. The first-order valence-electron chi connectivity index (χ1n) is 5.32. The summed E-state index contributed by atoms with van der Waals surface area (Å²) < 4.78 is 5.04. The molecule has 1 N–H and O–H groups in total. The molecular formula is C12H19ClN2O. The number of hydrogen-bond acceptors (Lipinski definition) is 3. The van der Waals surface area contributed by atoms with E-state index in [1.807, 2.05) is 26.2 Å². The van der Waals surface area contributed by atoms with Gasteiger partial charge in [-0.05, 0) is 24.7 Å². The maximum Gasteiger partial charge on any atom is 0.0642 e. The highest BCUT2D eigenvalue weighted by Crippen LogP contribution is 2.25. The fraction of sp³-hybridized carbons (Fsp3) is 0.500. The molecule has 4 heteroatoms. The third kappa shape index (κ3) is 3.67. The van der Waals surface area contributed by atoms with E-state index in [9.17, 15) is 0 Å². The van der Waals surface area contributed by atoms with Crippen LogP contribution in [0.25, 0.3) is 0 Å². The highest BCUT2D eigenvalue weighted by molar-refractivity contribution is 6.33. The largest absolute Gasteiger partial charge is 0.383 e. The van der Waals surface area contributed by atoms with Crippen LogP contribution in [0.3, 0.4) is 0 Å². The molecule has 0 saturated heterocycles. The van der Waals surface area contributed by atoms with E-state index < -0.39 is 0 Å². The van der Waals surface area contributed by atoms with Gasteiger partial charge in [-0.15, -0.1) is 0 Å². The van der Waals surface area contributed by atoms with Gasteiger partial charge in [0.15, 0.2) is 0 Å². The fourth-order valence-corrected chi connectivity index (χ4v) is 1.87. The summed E-state index contributed by atoms with van der Waals surface area (Å²) in [6.45, 7) is 2.37. The first-order valence-corrected chi connectivity index (χ1v) is 5.70. The molecule has 0 fully saturated rings. The molecule has 16 heavy (non-hydrogen) atoms. The van der Waals surface area contributed by atoms with Gasteiger partial charge in [-0.1, -0.05) is 17.7 Å². The molecule has 0 aliphatic heterocycles. The minimum atomic E-state index is 0.699. The average molecular weight is 243 g/mol. The molecule has 90 valence electrons. The van der Waals surface area contributed by atoms with Crippen molar-refractivity contribution in [2.24, 2.45) is 0 Å². The third-order valence-electron chi connectivity index (χ3n) is 2.44. The molecular weight excluding hydrogens is 224 g/mol. The maximum atomic E-state index is 6.23. The number of methoxy groups -OCH3 is 1. The van der Waals surface area contributed by atoms with E-state index >= 15 is 0 Å².